The van der Waals surface area contributed by atoms with Gasteiger partial charge in [0.1, 0.15) is 0 Å². The average molecular weight is 268 g/mol. The van der Waals surface area contributed by atoms with Crippen LogP contribution in [0, 0.1) is 0 Å². The quantitative estimate of drug-likeness (QED) is 0.729. The number of aryl methyl sites for hydroxylation is 1. The first kappa shape index (κ1) is 10.4. The van der Waals surface area contributed by atoms with Crippen molar-refractivity contribution < 1.29 is 9.59 Å². The number of halogens is 1. The van der Waals surface area contributed by atoms with Crippen molar-refractivity contribution in [2.45, 2.75) is 12.8 Å². The molecule has 1 heterocycles. The highest BCUT2D eigenvalue weighted by atomic mass is 79.9. The molecular weight excluding hydrogens is 258 g/mol. The summed E-state index contributed by atoms with van der Waals surface area (Å²) in [6.45, 7) is 0. The maximum atomic E-state index is 11.6. The van der Waals surface area contributed by atoms with Crippen LogP contribution in [0.25, 0.3) is 0 Å². The molecule has 1 aliphatic heterocycles. The van der Waals surface area contributed by atoms with Gasteiger partial charge in [0.15, 0.2) is 0 Å². The lowest BCUT2D eigenvalue weighted by Crippen LogP contribution is -2.40. The van der Waals surface area contributed by atoms with E-state index >= 15 is 0 Å². The Balaban J connectivity index is 2.46. The number of para-hydroxylation sites is 1. The first-order valence-corrected chi connectivity index (χ1v) is 5.86. The third-order valence-electron chi connectivity index (χ3n) is 2.45. The maximum Gasteiger partial charge on any atom is 0.244 e. The second-order valence-electron chi connectivity index (χ2n) is 3.39. The summed E-state index contributed by atoms with van der Waals surface area (Å²) in [5.41, 5.74) is 1.80. The zero-order valence-corrected chi connectivity index (χ0v) is 9.66. The Hall–Kier alpha value is -1.16. The van der Waals surface area contributed by atoms with Gasteiger partial charge in [-0.05, 0) is 18.1 Å². The van der Waals surface area contributed by atoms with Crippen LogP contribution in [0.3, 0.4) is 0 Å². The molecule has 0 N–H and O–H groups in total. The van der Waals surface area contributed by atoms with Gasteiger partial charge in [0.05, 0.1) is 11.0 Å². The number of imide groups is 1. The number of rotatable bonds is 1. The summed E-state index contributed by atoms with van der Waals surface area (Å²) in [5, 5.41) is 0.174. The number of benzene rings is 1. The van der Waals surface area contributed by atoms with Crippen molar-refractivity contribution in [1.82, 2.24) is 0 Å². The number of hydrogen-bond acceptors (Lipinski definition) is 2. The largest absolute Gasteiger partial charge is 0.274 e. The van der Waals surface area contributed by atoms with Crippen molar-refractivity contribution in [3.63, 3.8) is 0 Å². The lowest BCUT2D eigenvalue weighted by atomic mass is 10.0. The zero-order chi connectivity index (χ0) is 10.8. The fourth-order valence-electron chi connectivity index (χ4n) is 1.76. The van der Waals surface area contributed by atoms with Gasteiger partial charge in [-0.1, -0.05) is 34.1 Å². The van der Waals surface area contributed by atoms with Crippen molar-refractivity contribution in [1.29, 1.82) is 0 Å². The fraction of sp³-hybridized carbons (Fsp3) is 0.273. The fourth-order valence-corrected chi connectivity index (χ4v) is 2.01. The number of carbonyl (C=O) groups excluding carboxylic acids is 2. The number of anilines is 1. The lowest BCUT2D eigenvalue weighted by Gasteiger charge is -2.26. The van der Waals surface area contributed by atoms with Crippen LogP contribution < -0.4 is 4.90 Å². The molecule has 4 heteroatoms. The lowest BCUT2D eigenvalue weighted by molar-refractivity contribution is -0.125. The van der Waals surface area contributed by atoms with Crippen molar-refractivity contribution in [2.75, 3.05) is 10.2 Å². The first-order chi connectivity index (χ1) is 7.24. The molecule has 78 valence electrons. The van der Waals surface area contributed by atoms with Gasteiger partial charge in [0.2, 0.25) is 11.8 Å². The van der Waals surface area contributed by atoms with Crippen LogP contribution in [-0.4, -0.2) is 17.1 Å². The number of alkyl halides is 1. The Bertz CT molecular complexity index is 417. The number of hydrogen-bond donors (Lipinski definition) is 0. The van der Waals surface area contributed by atoms with Crippen LogP contribution in [0.1, 0.15) is 12.0 Å². The highest BCUT2D eigenvalue weighted by Crippen LogP contribution is 2.27. The molecule has 0 unspecified atom stereocenters. The molecule has 2 rings (SSSR count). The van der Waals surface area contributed by atoms with Crippen molar-refractivity contribution >= 4 is 33.4 Å². The van der Waals surface area contributed by atoms with Crippen LogP contribution in [0.15, 0.2) is 24.3 Å². The summed E-state index contributed by atoms with van der Waals surface area (Å²) in [4.78, 5) is 24.5. The summed E-state index contributed by atoms with van der Waals surface area (Å²) in [5.74, 6) is -0.315. The highest BCUT2D eigenvalue weighted by Gasteiger charge is 2.28. The molecule has 0 spiro atoms. The van der Waals surface area contributed by atoms with Gasteiger partial charge in [-0.3, -0.25) is 9.59 Å². The van der Waals surface area contributed by atoms with Gasteiger partial charge in [-0.2, -0.15) is 0 Å². The molecule has 15 heavy (non-hydrogen) atoms. The smallest absolute Gasteiger partial charge is 0.244 e. The van der Waals surface area contributed by atoms with Crippen molar-refractivity contribution in [2.24, 2.45) is 0 Å². The SMILES string of the molecule is O=C(CBr)N1C(=O)CCc2ccccc21. The molecule has 0 aromatic heterocycles. The predicted octanol–water partition coefficient (Wildman–Crippen LogP) is 1.89. The maximum absolute atomic E-state index is 11.6. The molecule has 1 aromatic carbocycles. The summed E-state index contributed by atoms with van der Waals surface area (Å²) in [6, 6.07) is 7.53. The Labute approximate surface area is 96.2 Å². The molecule has 1 aromatic rings. The van der Waals surface area contributed by atoms with E-state index in [1.54, 1.807) is 0 Å². The van der Waals surface area contributed by atoms with Crippen molar-refractivity contribution in [3.8, 4) is 0 Å². The monoisotopic (exact) mass is 267 g/mol. The van der Waals surface area contributed by atoms with E-state index in [2.05, 4.69) is 15.9 Å². The molecule has 0 atom stereocenters. The van der Waals surface area contributed by atoms with E-state index in [-0.39, 0.29) is 17.1 Å². The minimum atomic E-state index is -0.202. The van der Waals surface area contributed by atoms with E-state index in [1.807, 2.05) is 24.3 Å². The van der Waals surface area contributed by atoms with Gasteiger partial charge in [-0.25, -0.2) is 4.90 Å². The summed E-state index contributed by atoms with van der Waals surface area (Å²) >= 11 is 3.09. The number of carbonyl (C=O) groups is 2. The van der Waals surface area contributed by atoms with E-state index in [4.69, 9.17) is 0 Å². The number of amides is 2. The van der Waals surface area contributed by atoms with Crippen LogP contribution >= 0.6 is 15.9 Å². The molecule has 0 bridgehead atoms. The second kappa shape index (κ2) is 4.14. The average Bonchev–Trinajstić information content (AvgIpc) is 2.28. The molecule has 0 fully saturated rings. The van der Waals surface area contributed by atoms with Gasteiger partial charge in [-0.15, -0.1) is 0 Å². The van der Waals surface area contributed by atoms with Crippen LogP contribution in [-0.2, 0) is 16.0 Å². The topological polar surface area (TPSA) is 37.4 Å². The Morgan fingerprint density at radius 1 is 1.33 bits per heavy atom. The zero-order valence-electron chi connectivity index (χ0n) is 8.07. The summed E-state index contributed by atoms with van der Waals surface area (Å²) in [6.07, 6.45) is 1.14. The predicted molar refractivity (Wildman–Crippen MR) is 61.1 cm³/mol. The Morgan fingerprint density at radius 3 is 2.80 bits per heavy atom. The summed E-state index contributed by atoms with van der Waals surface area (Å²) in [7, 11) is 0. The standard InChI is InChI=1S/C11H10BrNO2/c12-7-11(15)13-9-4-2-1-3-8(9)5-6-10(13)14/h1-4H,5-7H2. The Kier molecular flexibility index (Phi) is 2.86. The van der Waals surface area contributed by atoms with Gasteiger partial charge < -0.3 is 0 Å². The number of nitrogens with zero attached hydrogens (tertiary/aromatic N) is 1. The summed E-state index contributed by atoms with van der Waals surface area (Å²) < 4.78 is 0. The molecule has 1 aliphatic rings. The minimum Gasteiger partial charge on any atom is -0.274 e. The Morgan fingerprint density at radius 2 is 2.07 bits per heavy atom. The first-order valence-electron chi connectivity index (χ1n) is 4.73. The molecule has 0 radical (unpaired) electrons. The highest BCUT2D eigenvalue weighted by molar-refractivity contribution is 9.09. The van der Waals surface area contributed by atoms with Gasteiger partial charge in [0, 0.05) is 6.42 Å². The van der Waals surface area contributed by atoms with Crippen molar-refractivity contribution in [3.05, 3.63) is 29.8 Å². The van der Waals surface area contributed by atoms with E-state index in [0.717, 1.165) is 17.7 Å². The van der Waals surface area contributed by atoms with Gasteiger partial charge in [0.25, 0.3) is 0 Å². The molecule has 3 nitrogen and oxygen atoms in total. The molecular formula is C11H10BrNO2. The van der Waals surface area contributed by atoms with Crippen LogP contribution in [0.5, 0.6) is 0 Å². The van der Waals surface area contributed by atoms with E-state index in [1.165, 1.54) is 4.90 Å². The normalized spacial score (nSPS) is 15.0. The molecule has 0 saturated heterocycles. The third-order valence-corrected chi connectivity index (χ3v) is 2.93. The van der Waals surface area contributed by atoms with Gasteiger partial charge >= 0.3 is 0 Å². The second-order valence-corrected chi connectivity index (χ2v) is 3.95. The van der Waals surface area contributed by atoms with Crippen LogP contribution in [0.2, 0.25) is 0 Å². The van der Waals surface area contributed by atoms with Crippen LogP contribution in [0.4, 0.5) is 5.69 Å². The third kappa shape index (κ3) is 1.81. The molecule has 0 saturated carbocycles. The number of fused-ring (bicyclic) bond motifs is 1. The van der Waals surface area contributed by atoms with E-state index in [9.17, 15) is 9.59 Å². The molecule has 2 amide bonds. The molecule has 0 aliphatic carbocycles. The van der Waals surface area contributed by atoms with E-state index in [0.29, 0.717) is 6.42 Å². The van der Waals surface area contributed by atoms with E-state index < -0.39 is 0 Å². The minimum absolute atomic E-state index is 0.113.